The number of rotatable bonds is 5. The van der Waals surface area contributed by atoms with Crippen molar-refractivity contribution in [2.45, 2.75) is 17.6 Å². The molecule has 0 atom stereocenters. The number of hydrogen-bond donors (Lipinski definition) is 1. The lowest BCUT2D eigenvalue weighted by molar-refractivity contribution is 0.0997. The fraction of sp³-hybridized carbons (Fsp3) is 0.105. The number of carbonyl (C=O) groups excluding carboxylic acids is 1. The molecule has 130 valence electrons. The third-order valence-electron chi connectivity index (χ3n) is 4.01. The highest BCUT2D eigenvalue weighted by Crippen LogP contribution is 2.33. The maximum Gasteiger partial charge on any atom is 0.284 e. The van der Waals surface area contributed by atoms with Crippen molar-refractivity contribution in [1.29, 1.82) is 0 Å². The Morgan fingerprint density at radius 1 is 1.08 bits per heavy atom. The summed E-state index contributed by atoms with van der Waals surface area (Å²) in [4.78, 5) is 12.3. The van der Waals surface area contributed by atoms with Crippen molar-refractivity contribution < 1.29 is 13.6 Å². The number of fused-ring (bicyclic) bond motifs is 1. The van der Waals surface area contributed by atoms with Crippen LogP contribution in [0.25, 0.3) is 22.6 Å². The van der Waals surface area contributed by atoms with E-state index in [1.807, 2.05) is 43.3 Å². The van der Waals surface area contributed by atoms with Crippen LogP contribution in [0.1, 0.15) is 21.8 Å². The van der Waals surface area contributed by atoms with E-state index in [4.69, 9.17) is 14.6 Å². The van der Waals surface area contributed by atoms with Gasteiger partial charge in [-0.05, 0) is 25.1 Å². The molecule has 0 saturated heterocycles. The van der Waals surface area contributed by atoms with Crippen LogP contribution < -0.4 is 5.73 Å². The molecule has 0 unspecified atom stereocenters. The number of nitrogens with zero attached hydrogens (tertiary/aromatic N) is 2. The van der Waals surface area contributed by atoms with Crippen LogP contribution in [0.5, 0.6) is 0 Å². The molecule has 0 aliphatic rings. The lowest BCUT2D eigenvalue weighted by atomic mass is 10.1. The minimum atomic E-state index is -0.461. The normalized spacial score (nSPS) is 11.1. The van der Waals surface area contributed by atoms with Crippen molar-refractivity contribution >= 4 is 28.6 Å². The summed E-state index contributed by atoms with van der Waals surface area (Å²) < 4.78 is 11.6. The van der Waals surface area contributed by atoms with Gasteiger partial charge in [-0.25, -0.2) is 0 Å². The SMILES string of the molecule is Cc1c(-c2nnc(CSc3ccccc3C(N)=O)o2)oc2ccccc12. The average molecular weight is 365 g/mol. The number of carbonyl (C=O) groups is 1. The number of thioether (sulfide) groups is 1. The Kier molecular flexibility index (Phi) is 4.22. The fourth-order valence-corrected chi connectivity index (χ4v) is 3.61. The zero-order valence-electron chi connectivity index (χ0n) is 13.9. The Labute approximate surface area is 153 Å². The van der Waals surface area contributed by atoms with E-state index in [-0.39, 0.29) is 0 Å². The number of hydrogen-bond acceptors (Lipinski definition) is 6. The molecule has 0 aliphatic heterocycles. The number of furan rings is 1. The molecule has 1 amide bonds. The Hall–Kier alpha value is -3.06. The summed E-state index contributed by atoms with van der Waals surface area (Å²) in [5, 5.41) is 9.20. The number of benzene rings is 2. The van der Waals surface area contributed by atoms with Crippen LogP contribution in [0.2, 0.25) is 0 Å². The van der Waals surface area contributed by atoms with Crippen LogP contribution in [-0.2, 0) is 5.75 Å². The molecule has 0 saturated carbocycles. The first-order valence-corrected chi connectivity index (χ1v) is 8.94. The number of aromatic nitrogens is 2. The minimum absolute atomic E-state index is 0.345. The van der Waals surface area contributed by atoms with Gasteiger partial charge in [0.1, 0.15) is 5.58 Å². The molecule has 0 aliphatic carbocycles. The quantitative estimate of drug-likeness (QED) is 0.533. The highest BCUT2D eigenvalue weighted by molar-refractivity contribution is 7.98. The van der Waals surface area contributed by atoms with Crippen LogP contribution in [0, 0.1) is 6.92 Å². The second-order valence-electron chi connectivity index (χ2n) is 5.70. The Bertz CT molecular complexity index is 1100. The predicted octanol–water partition coefficient (Wildman–Crippen LogP) is 4.18. The maximum absolute atomic E-state index is 11.5. The van der Waals surface area contributed by atoms with Gasteiger partial charge < -0.3 is 14.6 Å². The predicted molar refractivity (Wildman–Crippen MR) is 98.8 cm³/mol. The lowest BCUT2D eigenvalue weighted by Crippen LogP contribution is -2.11. The van der Waals surface area contributed by atoms with Gasteiger partial charge in [0.25, 0.3) is 5.89 Å². The third kappa shape index (κ3) is 2.97. The minimum Gasteiger partial charge on any atom is -0.451 e. The van der Waals surface area contributed by atoms with Crippen LogP contribution in [0.15, 0.2) is 62.3 Å². The molecule has 7 heteroatoms. The average Bonchev–Trinajstić information content (AvgIpc) is 3.25. The van der Waals surface area contributed by atoms with E-state index in [1.54, 1.807) is 12.1 Å². The Morgan fingerprint density at radius 3 is 2.65 bits per heavy atom. The van der Waals surface area contributed by atoms with E-state index < -0.39 is 5.91 Å². The van der Waals surface area contributed by atoms with Gasteiger partial charge in [-0.2, -0.15) is 0 Å². The van der Waals surface area contributed by atoms with Crippen molar-refractivity contribution in [3.05, 3.63) is 65.5 Å². The first-order chi connectivity index (χ1) is 12.6. The van der Waals surface area contributed by atoms with E-state index in [0.29, 0.717) is 28.9 Å². The molecule has 0 radical (unpaired) electrons. The molecule has 4 rings (SSSR count). The number of primary amides is 1. The summed E-state index contributed by atoms with van der Waals surface area (Å²) in [5.41, 5.74) is 7.62. The maximum atomic E-state index is 11.5. The lowest BCUT2D eigenvalue weighted by Gasteiger charge is -2.03. The summed E-state index contributed by atoms with van der Waals surface area (Å²) in [6.45, 7) is 1.96. The number of aryl methyl sites for hydroxylation is 1. The molecule has 2 aromatic heterocycles. The van der Waals surface area contributed by atoms with Gasteiger partial charge in [0, 0.05) is 15.8 Å². The third-order valence-corrected chi connectivity index (χ3v) is 5.07. The smallest absolute Gasteiger partial charge is 0.284 e. The summed E-state index contributed by atoms with van der Waals surface area (Å²) in [6.07, 6.45) is 0. The molecule has 0 spiro atoms. The Morgan fingerprint density at radius 2 is 1.85 bits per heavy atom. The Balaban J connectivity index is 1.57. The van der Waals surface area contributed by atoms with Crippen molar-refractivity contribution in [2.24, 2.45) is 5.73 Å². The second-order valence-corrected chi connectivity index (χ2v) is 6.72. The number of amides is 1. The molecule has 4 aromatic rings. The molecule has 0 fully saturated rings. The summed E-state index contributed by atoms with van der Waals surface area (Å²) in [5.74, 6) is 1.34. The summed E-state index contributed by atoms with van der Waals surface area (Å²) in [7, 11) is 0. The van der Waals surface area contributed by atoms with Gasteiger partial charge in [0.15, 0.2) is 5.76 Å². The van der Waals surface area contributed by atoms with Gasteiger partial charge in [-0.1, -0.05) is 30.3 Å². The molecule has 26 heavy (non-hydrogen) atoms. The topological polar surface area (TPSA) is 95.2 Å². The highest BCUT2D eigenvalue weighted by atomic mass is 32.2. The molecule has 2 heterocycles. The second kappa shape index (κ2) is 6.68. The zero-order chi connectivity index (χ0) is 18.1. The van der Waals surface area contributed by atoms with E-state index in [1.165, 1.54) is 11.8 Å². The van der Waals surface area contributed by atoms with Crippen molar-refractivity contribution in [3.8, 4) is 11.7 Å². The van der Waals surface area contributed by atoms with Crippen LogP contribution >= 0.6 is 11.8 Å². The molecular weight excluding hydrogens is 350 g/mol. The summed E-state index contributed by atoms with van der Waals surface area (Å²) in [6, 6.07) is 14.9. The van der Waals surface area contributed by atoms with Crippen LogP contribution in [-0.4, -0.2) is 16.1 Å². The monoisotopic (exact) mass is 365 g/mol. The standard InChI is InChI=1S/C19H15N3O3S/c1-11-12-6-2-4-8-14(12)24-17(11)19-22-21-16(25-19)10-26-15-9-5-3-7-13(15)18(20)23/h2-9H,10H2,1H3,(H2,20,23). The first-order valence-electron chi connectivity index (χ1n) is 7.96. The van der Waals surface area contributed by atoms with E-state index in [2.05, 4.69) is 10.2 Å². The van der Waals surface area contributed by atoms with Gasteiger partial charge >= 0.3 is 0 Å². The van der Waals surface area contributed by atoms with Gasteiger partial charge in [0.05, 0.1) is 11.3 Å². The summed E-state index contributed by atoms with van der Waals surface area (Å²) >= 11 is 1.42. The van der Waals surface area contributed by atoms with Crippen molar-refractivity contribution in [1.82, 2.24) is 10.2 Å². The number of para-hydroxylation sites is 1. The first kappa shape index (κ1) is 16.4. The van der Waals surface area contributed by atoms with E-state index in [0.717, 1.165) is 21.4 Å². The number of nitrogens with two attached hydrogens (primary N) is 1. The van der Waals surface area contributed by atoms with Crippen LogP contribution in [0.3, 0.4) is 0 Å². The highest BCUT2D eigenvalue weighted by Gasteiger charge is 2.18. The van der Waals surface area contributed by atoms with Crippen molar-refractivity contribution in [2.75, 3.05) is 0 Å². The van der Waals surface area contributed by atoms with E-state index >= 15 is 0 Å². The van der Waals surface area contributed by atoms with Gasteiger partial charge in [0.2, 0.25) is 11.8 Å². The largest absolute Gasteiger partial charge is 0.451 e. The van der Waals surface area contributed by atoms with Gasteiger partial charge in [-0.15, -0.1) is 22.0 Å². The molecular formula is C19H15N3O3S. The van der Waals surface area contributed by atoms with Crippen LogP contribution in [0.4, 0.5) is 0 Å². The molecule has 6 nitrogen and oxygen atoms in total. The van der Waals surface area contributed by atoms with E-state index in [9.17, 15) is 4.79 Å². The molecule has 2 aromatic carbocycles. The zero-order valence-corrected chi connectivity index (χ0v) is 14.7. The fourth-order valence-electron chi connectivity index (χ4n) is 2.72. The molecule has 0 bridgehead atoms. The molecule has 2 N–H and O–H groups in total. The van der Waals surface area contributed by atoms with Gasteiger partial charge in [-0.3, -0.25) is 4.79 Å². The van der Waals surface area contributed by atoms with Crippen molar-refractivity contribution in [3.63, 3.8) is 0 Å².